The third-order valence-corrected chi connectivity index (χ3v) is 9.31. The van der Waals surface area contributed by atoms with Crippen molar-refractivity contribution in [3.8, 4) is 0 Å². The molecule has 1 aliphatic heterocycles. The lowest BCUT2D eigenvalue weighted by molar-refractivity contribution is -0.119. The van der Waals surface area contributed by atoms with E-state index in [-0.39, 0.29) is 23.4 Å². The Bertz CT molecular complexity index is 1490. The summed E-state index contributed by atoms with van der Waals surface area (Å²) in [4.78, 5) is 37.0. The van der Waals surface area contributed by atoms with E-state index < -0.39 is 0 Å². The zero-order chi connectivity index (χ0) is 35.2. The predicted octanol–water partition coefficient (Wildman–Crippen LogP) is 11.2. The van der Waals surface area contributed by atoms with Crippen LogP contribution in [0, 0.1) is 5.82 Å². The van der Waals surface area contributed by atoms with E-state index in [0.717, 1.165) is 30.6 Å². The van der Waals surface area contributed by atoms with Crippen molar-refractivity contribution in [3.63, 3.8) is 0 Å². The lowest BCUT2D eigenvalue weighted by Gasteiger charge is -2.14. The summed E-state index contributed by atoms with van der Waals surface area (Å²) in [6.07, 6.45) is 28.0. The van der Waals surface area contributed by atoms with Gasteiger partial charge in [0.05, 0.1) is 12.3 Å². The first-order chi connectivity index (χ1) is 24.5. The van der Waals surface area contributed by atoms with Crippen molar-refractivity contribution >= 4 is 29.4 Å². The van der Waals surface area contributed by atoms with Gasteiger partial charge < -0.3 is 4.74 Å². The van der Waals surface area contributed by atoms with Crippen LogP contribution in [0.3, 0.4) is 0 Å². The van der Waals surface area contributed by atoms with Crippen molar-refractivity contribution in [2.75, 3.05) is 11.5 Å². The summed E-state index contributed by atoms with van der Waals surface area (Å²) in [6.45, 7) is 1.31. The van der Waals surface area contributed by atoms with Crippen molar-refractivity contribution in [2.45, 2.75) is 116 Å². The number of unbranched alkanes of at least 4 members (excludes halogenated alkanes) is 15. The SMILES string of the molecule is O=C(C=Cc1ccc(CCCCCCCCCCCCCCCCCCOCc2ccc(N3C(=O)C=CC3=O)cc2)cc1)c1ccc(F)cc1. The molecule has 3 aromatic rings. The fraction of sp³-hybridized carbons (Fsp3) is 0.432. The molecule has 0 aliphatic carbocycles. The van der Waals surface area contributed by atoms with Crippen LogP contribution in [0.2, 0.25) is 0 Å². The molecule has 1 aliphatic rings. The Morgan fingerprint density at radius 2 is 1.06 bits per heavy atom. The first-order valence-corrected chi connectivity index (χ1v) is 18.8. The highest BCUT2D eigenvalue weighted by Gasteiger charge is 2.24. The van der Waals surface area contributed by atoms with E-state index in [0.29, 0.717) is 17.9 Å². The van der Waals surface area contributed by atoms with Gasteiger partial charge in [0.25, 0.3) is 11.8 Å². The summed E-state index contributed by atoms with van der Waals surface area (Å²) in [7, 11) is 0. The monoisotopic (exact) mass is 679 g/mol. The highest BCUT2D eigenvalue weighted by Crippen LogP contribution is 2.20. The highest BCUT2D eigenvalue weighted by atomic mass is 19.1. The topological polar surface area (TPSA) is 63.7 Å². The Hall–Kier alpha value is -4.16. The Kier molecular flexibility index (Phi) is 17.4. The van der Waals surface area contributed by atoms with Gasteiger partial charge in [-0.25, -0.2) is 9.29 Å². The average molecular weight is 680 g/mol. The molecule has 5 nitrogen and oxygen atoms in total. The highest BCUT2D eigenvalue weighted by molar-refractivity contribution is 6.28. The standard InChI is InChI=1S/C44H54FNO4/c45-40-27-25-39(26-28-40)42(47)31-24-37-20-18-36(19-21-37)17-15-13-11-9-7-5-3-1-2-4-6-8-10-12-14-16-34-50-35-38-22-29-41(30-23-38)46-43(48)32-33-44(46)49/h18-33H,1-17,34-35H2. The summed E-state index contributed by atoms with van der Waals surface area (Å²) in [5.41, 5.74) is 4.46. The van der Waals surface area contributed by atoms with Crippen LogP contribution >= 0.6 is 0 Å². The van der Waals surface area contributed by atoms with E-state index in [9.17, 15) is 18.8 Å². The molecule has 0 unspecified atom stereocenters. The van der Waals surface area contributed by atoms with Crippen LogP contribution in [0.5, 0.6) is 0 Å². The average Bonchev–Trinajstić information content (AvgIpc) is 3.47. The fourth-order valence-electron chi connectivity index (χ4n) is 6.27. The number of hydrogen-bond acceptors (Lipinski definition) is 4. The number of carbonyl (C=O) groups excluding carboxylic acids is 3. The zero-order valence-corrected chi connectivity index (χ0v) is 29.6. The van der Waals surface area contributed by atoms with Gasteiger partial charge in [0, 0.05) is 24.3 Å². The minimum Gasteiger partial charge on any atom is -0.377 e. The number of ketones is 1. The Balaban J connectivity index is 0.871. The number of carbonyl (C=O) groups is 3. The minimum atomic E-state index is -0.339. The molecule has 6 heteroatoms. The number of aryl methyl sites for hydroxylation is 1. The van der Waals surface area contributed by atoms with E-state index in [1.165, 1.54) is 143 Å². The first-order valence-electron chi connectivity index (χ1n) is 18.8. The second-order valence-electron chi connectivity index (χ2n) is 13.4. The number of hydrogen-bond donors (Lipinski definition) is 0. The summed E-state index contributed by atoms with van der Waals surface area (Å²) >= 11 is 0. The van der Waals surface area contributed by atoms with Crippen molar-refractivity contribution in [2.24, 2.45) is 0 Å². The Morgan fingerprint density at radius 1 is 0.580 bits per heavy atom. The van der Waals surface area contributed by atoms with Crippen LogP contribution in [-0.4, -0.2) is 24.2 Å². The van der Waals surface area contributed by atoms with E-state index >= 15 is 0 Å². The molecule has 0 N–H and O–H groups in total. The number of amides is 2. The van der Waals surface area contributed by atoms with Gasteiger partial charge in [0.15, 0.2) is 5.78 Å². The van der Waals surface area contributed by atoms with Gasteiger partial charge in [-0.2, -0.15) is 0 Å². The Morgan fingerprint density at radius 3 is 1.60 bits per heavy atom. The van der Waals surface area contributed by atoms with Gasteiger partial charge in [-0.15, -0.1) is 0 Å². The zero-order valence-electron chi connectivity index (χ0n) is 29.6. The summed E-state index contributed by atoms with van der Waals surface area (Å²) in [5.74, 6) is -1.05. The predicted molar refractivity (Wildman–Crippen MR) is 202 cm³/mol. The first kappa shape index (κ1) is 38.6. The number of nitrogens with zero attached hydrogens (tertiary/aromatic N) is 1. The van der Waals surface area contributed by atoms with E-state index in [1.807, 2.05) is 18.2 Å². The number of halogens is 1. The maximum absolute atomic E-state index is 13.0. The molecule has 2 amide bonds. The molecule has 0 saturated heterocycles. The Labute approximate surface area is 298 Å². The quantitative estimate of drug-likeness (QED) is 0.0387. The molecule has 0 aromatic heterocycles. The molecule has 0 atom stereocenters. The van der Waals surface area contributed by atoms with Crippen molar-refractivity contribution in [1.29, 1.82) is 0 Å². The summed E-state index contributed by atoms with van der Waals surface area (Å²) in [6, 6.07) is 21.5. The van der Waals surface area contributed by atoms with Crippen molar-refractivity contribution in [3.05, 3.63) is 119 Å². The number of anilines is 1. The molecule has 266 valence electrons. The summed E-state index contributed by atoms with van der Waals surface area (Å²) in [5, 5.41) is 0. The van der Waals surface area contributed by atoms with Gasteiger partial charge in [0.2, 0.25) is 0 Å². The minimum absolute atomic E-state index is 0.122. The van der Waals surface area contributed by atoms with Crippen molar-refractivity contribution in [1.82, 2.24) is 0 Å². The molecule has 0 spiro atoms. The number of imide groups is 1. The molecular weight excluding hydrogens is 625 g/mol. The molecular formula is C44H54FNO4. The fourth-order valence-corrected chi connectivity index (χ4v) is 6.27. The molecule has 0 bridgehead atoms. The van der Waals surface area contributed by atoms with Crippen LogP contribution in [0.15, 0.2) is 91.0 Å². The largest absolute Gasteiger partial charge is 0.377 e. The molecule has 4 rings (SSSR count). The number of allylic oxidation sites excluding steroid dienone is 1. The van der Waals surface area contributed by atoms with Gasteiger partial charge >= 0.3 is 0 Å². The van der Waals surface area contributed by atoms with Gasteiger partial charge in [-0.05, 0) is 78.4 Å². The number of rotatable bonds is 25. The lowest BCUT2D eigenvalue weighted by atomic mass is 10.0. The van der Waals surface area contributed by atoms with Gasteiger partial charge in [-0.3, -0.25) is 14.4 Å². The number of benzene rings is 3. The summed E-state index contributed by atoms with van der Waals surface area (Å²) < 4.78 is 18.9. The van der Waals surface area contributed by atoms with Crippen LogP contribution < -0.4 is 4.90 Å². The second-order valence-corrected chi connectivity index (χ2v) is 13.4. The van der Waals surface area contributed by atoms with Gasteiger partial charge in [-0.1, -0.05) is 132 Å². The van der Waals surface area contributed by atoms with E-state index in [4.69, 9.17) is 4.74 Å². The molecule has 50 heavy (non-hydrogen) atoms. The van der Waals surface area contributed by atoms with Crippen LogP contribution in [0.25, 0.3) is 6.08 Å². The van der Waals surface area contributed by atoms with Crippen LogP contribution in [0.4, 0.5) is 10.1 Å². The third kappa shape index (κ3) is 14.4. The number of ether oxygens (including phenoxy) is 1. The lowest BCUT2D eigenvalue weighted by Crippen LogP contribution is -2.29. The van der Waals surface area contributed by atoms with Crippen molar-refractivity contribution < 1.29 is 23.5 Å². The molecule has 3 aromatic carbocycles. The maximum atomic E-state index is 13.0. The third-order valence-electron chi connectivity index (χ3n) is 9.31. The molecule has 0 radical (unpaired) electrons. The normalized spacial score (nSPS) is 12.9. The van der Waals surface area contributed by atoms with E-state index in [2.05, 4.69) is 24.3 Å². The van der Waals surface area contributed by atoms with E-state index in [1.54, 1.807) is 18.2 Å². The molecule has 1 heterocycles. The van der Waals surface area contributed by atoms with Crippen LogP contribution in [-0.2, 0) is 27.4 Å². The maximum Gasteiger partial charge on any atom is 0.258 e. The molecule has 0 fully saturated rings. The molecule has 0 saturated carbocycles. The smallest absolute Gasteiger partial charge is 0.258 e. The second kappa shape index (κ2) is 22.5. The van der Waals surface area contributed by atoms with Crippen LogP contribution in [0.1, 0.15) is 130 Å². The van der Waals surface area contributed by atoms with Gasteiger partial charge in [0.1, 0.15) is 5.82 Å².